The third-order valence-corrected chi connectivity index (χ3v) is 3.77. The number of nitrogen functional groups attached to an aromatic ring is 1. The first-order valence-electron chi connectivity index (χ1n) is 6.26. The standard InChI is InChI=1S/C12H13BrF3N5/c13-10-8(4-3-5-9(10)17)11-18-19-20-21(11)7-2-1-6-12(14,15)16/h3-5H,1-2,6-7,17H2. The van der Waals surface area contributed by atoms with E-state index in [1.165, 1.54) is 4.68 Å². The summed E-state index contributed by atoms with van der Waals surface area (Å²) in [6, 6.07) is 5.28. The van der Waals surface area contributed by atoms with E-state index in [0.29, 0.717) is 34.5 Å². The Bertz CT molecular complexity index is 611. The van der Waals surface area contributed by atoms with E-state index in [2.05, 4.69) is 31.5 Å². The molecule has 0 amide bonds. The molecule has 1 aromatic carbocycles. The molecule has 2 rings (SSSR count). The lowest BCUT2D eigenvalue weighted by Crippen LogP contribution is -2.09. The number of tetrazole rings is 1. The molecular weight excluding hydrogens is 351 g/mol. The summed E-state index contributed by atoms with van der Waals surface area (Å²) in [5.74, 6) is 0.473. The van der Waals surface area contributed by atoms with Crippen LogP contribution >= 0.6 is 15.9 Å². The maximum atomic E-state index is 12.1. The number of rotatable bonds is 5. The van der Waals surface area contributed by atoms with Crippen LogP contribution in [0.2, 0.25) is 0 Å². The zero-order chi connectivity index (χ0) is 15.5. The smallest absolute Gasteiger partial charge is 0.389 e. The van der Waals surface area contributed by atoms with Crippen LogP contribution in [-0.2, 0) is 6.54 Å². The van der Waals surface area contributed by atoms with Crippen molar-refractivity contribution in [3.63, 3.8) is 0 Å². The Hall–Kier alpha value is -1.64. The van der Waals surface area contributed by atoms with Crippen LogP contribution in [0.25, 0.3) is 11.4 Å². The molecule has 2 N–H and O–H groups in total. The molecule has 0 bridgehead atoms. The second kappa shape index (κ2) is 6.42. The zero-order valence-corrected chi connectivity index (χ0v) is 12.5. The molecule has 0 atom stereocenters. The maximum Gasteiger partial charge on any atom is 0.389 e. The van der Waals surface area contributed by atoms with E-state index in [9.17, 15) is 13.2 Å². The number of hydrogen-bond acceptors (Lipinski definition) is 4. The predicted octanol–water partition coefficient (Wildman–Crippen LogP) is 3.42. The van der Waals surface area contributed by atoms with Crippen molar-refractivity contribution in [2.75, 3.05) is 5.73 Å². The van der Waals surface area contributed by atoms with E-state index in [-0.39, 0.29) is 6.42 Å². The molecule has 0 aliphatic heterocycles. The molecule has 2 aromatic rings. The third kappa shape index (κ3) is 4.16. The van der Waals surface area contributed by atoms with E-state index in [0.717, 1.165) is 0 Å². The molecule has 0 fully saturated rings. The molecule has 0 saturated carbocycles. The zero-order valence-electron chi connectivity index (χ0n) is 10.9. The van der Waals surface area contributed by atoms with Crippen LogP contribution in [0.4, 0.5) is 18.9 Å². The average Bonchev–Trinajstić information content (AvgIpc) is 2.85. The van der Waals surface area contributed by atoms with Crippen molar-refractivity contribution in [3.8, 4) is 11.4 Å². The highest BCUT2D eigenvalue weighted by atomic mass is 79.9. The summed E-state index contributed by atoms with van der Waals surface area (Å²) in [6.07, 6.45) is -4.54. The number of alkyl halides is 3. The normalized spacial score (nSPS) is 11.8. The lowest BCUT2D eigenvalue weighted by atomic mass is 10.2. The van der Waals surface area contributed by atoms with Crippen molar-refractivity contribution >= 4 is 21.6 Å². The van der Waals surface area contributed by atoms with Gasteiger partial charge in [-0.05, 0) is 51.3 Å². The number of aryl methyl sites for hydroxylation is 1. The van der Waals surface area contributed by atoms with E-state index in [1.807, 2.05) is 0 Å². The first-order valence-corrected chi connectivity index (χ1v) is 7.05. The molecule has 0 unspecified atom stereocenters. The van der Waals surface area contributed by atoms with Gasteiger partial charge in [0.25, 0.3) is 0 Å². The topological polar surface area (TPSA) is 69.6 Å². The maximum absolute atomic E-state index is 12.1. The molecule has 21 heavy (non-hydrogen) atoms. The quantitative estimate of drug-likeness (QED) is 0.652. The summed E-state index contributed by atoms with van der Waals surface area (Å²) in [5, 5.41) is 11.3. The molecule has 114 valence electrons. The Labute approximate surface area is 127 Å². The fourth-order valence-electron chi connectivity index (χ4n) is 1.86. The highest BCUT2D eigenvalue weighted by Gasteiger charge is 2.26. The molecule has 0 radical (unpaired) electrons. The van der Waals surface area contributed by atoms with Gasteiger partial charge in [0, 0.05) is 24.2 Å². The second-order valence-electron chi connectivity index (χ2n) is 4.51. The molecule has 9 heteroatoms. The monoisotopic (exact) mass is 363 g/mol. The number of anilines is 1. The van der Waals surface area contributed by atoms with Crippen molar-refractivity contribution in [1.29, 1.82) is 0 Å². The average molecular weight is 364 g/mol. The minimum Gasteiger partial charge on any atom is -0.398 e. The van der Waals surface area contributed by atoms with Gasteiger partial charge in [0.05, 0.1) is 4.47 Å². The summed E-state index contributed by atoms with van der Waals surface area (Å²) >= 11 is 3.36. The summed E-state index contributed by atoms with van der Waals surface area (Å²) in [4.78, 5) is 0. The van der Waals surface area contributed by atoms with Crippen molar-refractivity contribution in [2.24, 2.45) is 0 Å². The lowest BCUT2D eigenvalue weighted by molar-refractivity contribution is -0.135. The van der Waals surface area contributed by atoms with Crippen LogP contribution < -0.4 is 5.73 Å². The minimum absolute atomic E-state index is 0.0426. The molecule has 0 aliphatic rings. The Morgan fingerprint density at radius 3 is 2.71 bits per heavy atom. The predicted molar refractivity (Wildman–Crippen MR) is 75.3 cm³/mol. The lowest BCUT2D eigenvalue weighted by Gasteiger charge is -2.08. The molecular formula is C12H13BrF3N5. The van der Waals surface area contributed by atoms with Gasteiger partial charge in [-0.25, -0.2) is 4.68 Å². The summed E-state index contributed by atoms with van der Waals surface area (Å²) in [7, 11) is 0. The van der Waals surface area contributed by atoms with Crippen LogP contribution in [0.5, 0.6) is 0 Å². The number of aromatic nitrogens is 4. The molecule has 0 saturated heterocycles. The Morgan fingerprint density at radius 2 is 2.00 bits per heavy atom. The minimum atomic E-state index is -4.12. The second-order valence-corrected chi connectivity index (χ2v) is 5.30. The van der Waals surface area contributed by atoms with E-state index in [1.54, 1.807) is 18.2 Å². The molecule has 0 spiro atoms. The largest absolute Gasteiger partial charge is 0.398 e. The number of nitrogens with zero attached hydrogens (tertiary/aromatic N) is 4. The third-order valence-electron chi connectivity index (χ3n) is 2.88. The van der Waals surface area contributed by atoms with Gasteiger partial charge in [0.2, 0.25) is 0 Å². The molecule has 1 heterocycles. The van der Waals surface area contributed by atoms with E-state index < -0.39 is 12.6 Å². The summed E-state index contributed by atoms with van der Waals surface area (Å²) in [6.45, 7) is 0.319. The fraction of sp³-hybridized carbons (Fsp3) is 0.417. The fourth-order valence-corrected chi connectivity index (χ4v) is 2.30. The van der Waals surface area contributed by atoms with Crippen molar-refractivity contribution in [3.05, 3.63) is 22.7 Å². The van der Waals surface area contributed by atoms with Crippen LogP contribution in [0.3, 0.4) is 0 Å². The SMILES string of the molecule is Nc1cccc(-c2nnnn2CCCCC(F)(F)F)c1Br. The first-order chi connectivity index (χ1) is 9.88. The number of halogens is 4. The Morgan fingerprint density at radius 1 is 1.24 bits per heavy atom. The number of benzene rings is 1. The number of nitrogens with two attached hydrogens (primary N) is 1. The Kier molecular flexibility index (Phi) is 4.81. The van der Waals surface area contributed by atoms with Gasteiger partial charge in [-0.1, -0.05) is 6.07 Å². The van der Waals surface area contributed by atoms with Gasteiger partial charge in [-0.3, -0.25) is 0 Å². The summed E-state index contributed by atoms with van der Waals surface area (Å²) < 4.78 is 38.4. The van der Waals surface area contributed by atoms with Gasteiger partial charge in [0.1, 0.15) is 0 Å². The van der Waals surface area contributed by atoms with Gasteiger partial charge in [-0.2, -0.15) is 13.2 Å². The van der Waals surface area contributed by atoms with Gasteiger partial charge in [-0.15, -0.1) is 5.10 Å². The Balaban J connectivity index is 2.07. The van der Waals surface area contributed by atoms with Crippen LogP contribution in [0.1, 0.15) is 19.3 Å². The first kappa shape index (κ1) is 15.7. The highest BCUT2D eigenvalue weighted by molar-refractivity contribution is 9.10. The van der Waals surface area contributed by atoms with Crippen LogP contribution in [-0.4, -0.2) is 26.4 Å². The van der Waals surface area contributed by atoms with Gasteiger partial charge < -0.3 is 5.73 Å². The molecule has 1 aromatic heterocycles. The molecule has 5 nitrogen and oxygen atoms in total. The van der Waals surface area contributed by atoms with Crippen molar-refractivity contribution < 1.29 is 13.2 Å². The highest BCUT2D eigenvalue weighted by Crippen LogP contribution is 2.31. The van der Waals surface area contributed by atoms with E-state index in [4.69, 9.17) is 5.73 Å². The van der Waals surface area contributed by atoms with E-state index >= 15 is 0 Å². The van der Waals surface area contributed by atoms with Gasteiger partial charge >= 0.3 is 6.18 Å². The molecule has 0 aliphatic carbocycles. The van der Waals surface area contributed by atoms with Gasteiger partial charge in [0.15, 0.2) is 5.82 Å². The number of unbranched alkanes of at least 4 members (excludes halogenated alkanes) is 1. The van der Waals surface area contributed by atoms with Crippen LogP contribution in [0, 0.1) is 0 Å². The van der Waals surface area contributed by atoms with Crippen molar-refractivity contribution in [1.82, 2.24) is 20.2 Å². The van der Waals surface area contributed by atoms with Crippen molar-refractivity contribution in [2.45, 2.75) is 32.0 Å². The van der Waals surface area contributed by atoms with Crippen LogP contribution in [0.15, 0.2) is 22.7 Å². The summed E-state index contributed by atoms with van der Waals surface area (Å²) in [5.41, 5.74) is 7.04. The number of hydrogen-bond donors (Lipinski definition) is 1.